The van der Waals surface area contributed by atoms with Crippen LogP contribution in [0.5, 0.6) is 0 Å². The fraction of sp³-hybridized carbons (Fsp3) is 0.900. The average molecular weight is 271 g/mol. The molecular formula is C10H16F3NO2S. The van der Waals surface area contributed by atoms with Crippen LogP contribution in [0.4, 0.5) is 13.2 Å². The number of halogens is 3. The highest BCUT2D eigenvalue weighted by atomic mass is 32.2. The summed E-state index contributed by atoms with van der Waals surface area (Å²) in [6, 6.07) is 0. The highest BCUT2D eigenvalue weighted by Gasteiger charge is 2.31. The van der Waals surface area contributed by atoms with Gasteiger partial charge in [0.05, 0.1) is 12.0 Å². The first-order valence-electron chi connectivity index (χ1n) is 5.44. The average Bonchev–Trinajstić information content (AvgIpc) is 2.24. The number of carbonyl (C=O) groups is 1. The monoisotopic (exact) mass is 271 g/mol. The zero-order valence-electron chi connectivity index (χ0n) is 9.35. The second-order valence-corrected chi connectivity index (χ2v) is 5.45. The fourth-order valence-corrected chi connectivity index (χ4v) is 2.79. The van der Waals surface area contributed by atoms with Crippen molar-refractivity contribution < 1.29 is 23.1 Å². The van der Waals surface area contributed by atoms with E-state index in [-0.39, 0.29) is 6.54 Å². The normalized spacial score (nSPS) is 20.0. The number of hydrogen-bond donors (Lipinski definition) is 2. The van der Waals surface area contributed by atoms with Crippen LogP contribution in [0.25, 0.3) is 0 Å². The molecule has 2 N–H and O–H groups in total. The van der Waals surface area contributed by atoms with Gasteiger partial charge in [0.15, 0.2) is 0 Å². The lowest BCUT2D eigenvalue weighted by molar-refractivity contribution is -0.144. The Balaban J connectivity index is 2.23. The van der Waals surface area contributed by atoms with Gasteiger partial charge in [0.2, 0.25) is 5.91 Å². The Morgan fingerprint density at radius 2 is 1.94 bits per heavy atom. The molecule has 0 unspecified atom stereocenters. The smallest absolute Gasteiger partial charge is 0.388 e. The van der Waals surface area contributed by atoms with Gasteiger partial charge in [-0.15, -0.1) is 0 Å². The predicted octanol–water partition coefficient (Wildman–Crippen LogP) is 1.70. The highest BCUT2D eigenvalue weighted by molar-refractivity contribution is 7.99. The molecule has 1 fully saturated rings. The summed E-state index contributed by atoms with van der Waals surface area (Å²) < 4.78 is 35.6. The summed E-state index contributed by atoms with van der Waals surface area (Å²) in [6.07, 6.45) is -4.87. The van der Waals surface area contributed by atoms with Crippen molar-refractivity contribution in [2.75, 3.05) is 18.1 Å². The molecule has 100 valence electrons. The topological polar surface area (TPSA) is 49.3 Å². The molecule has 1 heterocycles. The number of rotatable bonds is 4. The Kier molecular flexibility index (Phi) is 5.12. The molecule has 17 heavy (non-hydrogen) atoms. The third-order valence-corrected chi connectivity index (χ3v) is 3.66. The first kappa shape index (κ1) is 14.6. The van der Waals surface area contributed by atoms with Crippen molar-refractivity contribution in [2.24, 2.45) is 0 Å². The zero-order chi connectivity index (χ0) is 12.9. The molecule has 0 bridgehead atoms. The summed E-state index contributed by atoms with van der Waals surface area (Å²) in [6.45, 7) is 0.0459. The predicted molar refractivity (Wildman–Crippen MR) is 59.8 cm³/mol. The van der Waals surface area contributed by atoms with E-state index in [0.29, 0.717) is 12.8 Å². The van der Waals surface area contributed by atoms with Crippen LogP contribution in [0.3, 0.4) is 0 Å². The van der Waals surface area contributed by atoms with Gasteiger partial charge in [-0.2, -0.15) is 24.9 Å². The molecule has 0 aromatic rings. The Morgan fingerprint density at radius 3 is 2.47 bits per heavy atom. The molecule has 1 saturated heterocycles. The van der Waals surface area contributed by atoms with Gasteiger partial charge in [-0.3, -0.25) is 4.79 Å². The fourth-order valence-electron chi connectivity index (χ4n) is 1.53. The van der Waals surface area contributed by atoms with Gasteiger partial charge >= 0.3 is 6.18 Å². The van der Waals surface area contributed by atoms with E-state index < -0.39 is 30.5 Å². The van der Waals surface area contributed by atoms with Crippen LogP contribution in [0.15, 0.2) is 0 Å². The van der Waals surface area contributed by atoms with Crippen LogP contribution in [0, 0.1) is 0 Å². The van der Waals surface area contributed by atoms with Crippen molar-refractivity contribution in [2.45, 2.75) is 37.5 Å². The minimum Gasteiger partial charge on any atom is -0.388 e. The van der Waals surface area contributed by atoms with Crippen molar-refractivity contribution in [3.63, 3.8) is 0 Å². The molecule has 3 nitrogen and oxygen atoms in total. The molecule has 0 aromatic heterocycles. The molecule has 1 aliphatic heterocycles. The van der Waals surface area contributed by atoms with Crippen LogP contribution in [0.2, 0.25) is 0 Å². The Morgan fingerprint density at radius 1 is 1.35 bits per heavy atom. The maximum absolute atomic E-state index is 11.9. The lowest BCUT2D eigenvalue weighted by Crippen LogP contribution is -2.45. The third-order valence-electron chi connectivity index (χ3n) is 2.67. The molecule has 7 heteroatoms. The minimum absolute atomic E-state index is 0.0459. The highest BCUT2D eigenvalue weighted by Crippen LogP contribution is 2.26. The number of carbonyl (C=O) groups excluding carboxylic acids is 1. The Bertz CT molecular complexity index is 265. The van der Waals surface area contributed by atoms with Gasteiger partial charge in [0.25, 0.3) is 0 Å². The molecule has 1 aliphatic rings. The van der Waals surface area contributed by atoms with Crippen molar-refractivity contribution in [3.8, 4) is 0 Å². The van der Waals surface area contributed by atoms with Gasteiger partial charge in [-0.25, -0.2) is 0 Å². The first-order valence-corrected chi connectivity index (χ1v) is 6.60. The standard InChI is InChI=1S/C10H16F3NO2S/c11-10(12,13)2-1-8(15)14-7-9(16)3-5-17-6-4-9/h16H,1-7H2,(H,14,15). The number of hydrogen-bond acceptors (Lipinski definition) is 3. The summed E-state index contributed by atoms with van der Waals surface area (Å²) in [7, 11) is 0. The van der Waals surface area contributed by atoms with E-state index in [9.17, 15) is 23.1 Å². The Labute approximate surface area is 102 Å². The minimum atomic E-state index is -4.31. The Hall–Kier alpha value is -0.430. The summed E-state index contributed by atoms with van der Waals surface area (Å²) in [5.41, 5.74) is -0.945. The summed E-state index contributed by atoms with van der Waals surface area (Å²) in [4.78, 5) is 11.1. The maximum atomic E-state index is 11.9. The largest absolute Gasteiger partial charge is 0.389 e. The van der Waals surface area contributed by atoms with Gasteiger partial charge in [-0.1, -0.05) is 0 Å². The van der Waals surface area contributed by atoms with E-state index >= 15 is 0 Å². The van der Waals surface area contributed by atoms with E-state index in [1.165, 1.54) is 0 Å². The second-order valence-electron chi connectivity index (χ2n) is 4.23. The molecular weight excluding hydrogens is 255 g/mol. The van der Waals surface area contributed by atoms with Gasteiger partial charge in [0.1, 0.15) is 0 Å². The van der Waals surface area contributed by atoms with Crippen molar-refractivity contribution in [1.29, 1.82) is 0 Å². The molecule has 0 spiro atoms. The van der Waals surface area contributed by atoms with Gasteiger partial charge < -0.3 is 10.4 Å². The van der Waals surface area contributed by atoms with Gasteiger partial charge in [-0.05, 0) is 24.3 Å². The van der Waals surface area contributed by atoms with E-state index in [4.69, 9.17) is 0 Å². The lowest BCUT2D eigenvalue weighted by atomic mass is 9.97. The summed E-state index contributed by atoms with van der Waals surface area (Å²) in [5, 5.41) is 12.4. The van der Waals surface area contributed by atoms with Crippen molar-refractivity contribution in [1.82, 2.24) is 5.32 Å². The number of thioether (sulfide) groups is 1. The first-order chi connectivity index (χ1) is 7.81. The molecule has 0 atom stereocenters. The molecule has 1 amide bonds. The lowest BCUT2D eigenvalue weighted by Gasteiger charge is -2.31. The van der Waals surface area contributed by atoms with Crippen LogP contribution < -0.4 is 5.32 Å². The molecule has 0 radical (unpaired) electrons. The van der Waals surface area contributed by atoms with E-state index in [1.807, 2.05) is 0 Å². The van der Waals surface area contributed by atoms with E-state index in [2.05, 4.69) is 5.32 Å². The maximum Gasteiger partial charge on any atom is 0.389 e. The summed E-state index contributed by atoms with van der Waals surface area (Å²) >= 11 is 1.72. The quantitative estimate of drug-likeness (QED) is 0.818. The van der Waals surface area contributed by atoms with Crippen molar-refractivity contribution >= 4 is 17.7 Å². The number of nitrogens with one attached hydrogen (secondary N) is 1. The van der Waals surface area contributed by atoms with E-state index in [1.54, 1.807) is 11.8 Å². The molecule has 0 saturated carbocycles. The molecule has 0 aliphatic carbocycles. The van der Waals surface area contributed by atoms with E-state index in [0.717, 1.165) is 11.5 Å². The second kappa shape index (κ2) is 5.95. The van der Waals surface area contributed by atoms with Gasteiger partial charge in [0, 0.05) is 13.0 Å². The SMILES string of the molecule is O=C(CCC(F)(F)F)NCC1(O)CCSCC1. The zero-order valence-corrected chi connectivity index (χ0v) is 10.2. The van der Waals surface area contributed by atoms with Crippen LogP contribution in [-0.2, 0) is 4.79 Å². The van der Waals surface area contributed by atoms with Crippen LogP contribution in [-0.4, -0.2) is 40.8 Å². The van der Waals surface area contributed by atoms with Crippen molar-refractivity contribution in [3.05, 3.63) is 0 Å². The van der Waals surface area contributed by atoms with Crippen LogP contribution in [0.1, 0.15) is 25.7 Å². The third kappa shape index (κ3) is 6.16. The molecule has 0 aromatic carbocycles. The number of amides is 1. The summed E-state index contributed by atoms with van der Waals surface area (Å²) in [5.74, 6) is 0.970. The molecule has 1 rings (SSSR count). The van der Waals surface area contributed by atoms with Crippen LogP contribution >= 0.6 is 11.8 Å². The number of alkyl halides is 3. The number of aliphatic hydroxyl groups is 1.